The van der Waals surface area contributed by atoms with E-state index in [0.29, 0.717) is 15.9 Å². The van der Waals surface area contributed by atoms with Crippen molar-refractivity contribution < 1.29 is 14.0 Å². The Morgan fingerprint density at radius 1 is 1.05 bits per heavy atom. The minimum absolute atomic E-state index is 0.173. The summed E-state index contributed by atoms with van der Waals surface area (Å²) in [5.74, 6) is -0.312. The fraction of sp³-hybridized carbons (Fsp3) is 0.0769. The third-order valence-electron chi connectivity index (χ3n) is 2.43. The van der Waals surface area contributed by atoms with Crippen LogP contribution in [0.2, 0.25) is 0 Å². The maximum Gasteiger partial charge on any atom is 0.291 e. The van der Waals surface area contributed by atoms with Crippen LogP contribution in [0, 0.1) is 0 Å². The van der Waals surface area contributed by atoms with Gasteiger partial charge < -0.3 is 15.1 Å². The van der Waals surface area contributed by atoms with Crippen LogP contribution in [0.25, 0.3) is 0 Å². The molecular formula is C13H11BrN2O3. The smallest absolute Gasteiger partial charge is 0.291 e. The van der Waals surface area contributed by atoms with Gasteiger partial charge in [-0.2, -0.15) is 0 Å². The maximum atomic E-state index is 11.8. The molecule has 0 spiro atoms. The molecule has 0 atom stereocenters. The first-order valence-electron chi connectivity index (χ1n) is 5.49. The number of nitrogens with one attached hydrogen (secondary N) is 2. The third kappa shape index (κ3) is 3.23. The van der Waals surface area contributed by atoms with Gasteiger partial charge >= 0.3 is 0 Å². The number of anilines is 1. The lowest BCUT2D eigenvalue weighted by atomic mass is 10.2. The Balaban J connectivity index is 2.07. The number of furan rings is 1. The van der Waals surface area contributed by atoms with Gasteiger partial charge in [-0.25, -0.2) is 0 Å². The highest BCUT2D eigenvalue weighted by molar-refractivity contribution is 9.10. The first-order chi connectivity index (χ1) is 9.10. The van der Waals surface area contributed by atoms with Gasteiger partial charge in [0.05, 0.1) is 0 Å². The second-order valence-electron chi connectivity index (χ2n) is 3.71. The quantitative estimate of drug-likeness (QED) is 0.912. The van der Waals surface area contributed by atoms with Crippen LogP contribution in [-0.2, 0) is 0 Å². The van der Waals surface area contributed by atoms with Crippen LogP contribution in [0.5, 0.6) is 0 Å². The summed E-state index contributed by atoms with van der Waals surface area (Å²) in [6, 6.07) is 9.78. The molecule has 0 aliphatic carbocycles. The number of halogens is 1. The highest BCUT2D eigenvalue weighted by Gasteiger charge is 2.11. The Kier molecular flexibility index (Phi) is 4.01. The van der Waals surface area contributed by atoms with Crippen molar-refractivity contribution in [3.8, 4) is 0 Å². The molecule has 1 aromatic carbocycles. The molecule has 19 heavy (non-hydrogen) atoms. The van der Waals surface area contributed by atoms with Gasteiger partial charge in [0, 0.05) is 18.3 Å². The molecular weight excluding hydrogens is 312 g/mol. The number of carbonyl (C=O) groups is 2. The van der Waals surface area contributed by atoms with Crippen LogP contribution < -0.4 is 10.6 Å². The zero-order valence-electron chi connectivity index (χ0n) is 10.1. The number of amides is 2. The lowest BCUT2D eigenvalue weighted by molar-refractivity contribution is 0.0962. The van der Waals surface area contributed by atoms with Crippen LogP contribution in [0.4, 0.5) is 5.69 Å². The van der Waals surface area contributed by atoms with Crippen molar-refractivity contribution in [2.75, 3.05) is 12.4 Å². The Morgan fingerprint density at radius 2 is 1.74 bits per heavy atom. The molecule has 0 aliphatic rings. The molecule has 2 rings (SSSR count). The Labute approximate surface area is 118 Å². The highest BCUT2D eigenvalue weighted by Crippen LogP contribution is 2.16. The summed E-state index contributed by atoms with van der Waals surface area (Å²) in [5.41, 5.74) is 1.12. The molecule has 0 bridgehead atoms. The molecule has 0 radical (unpaired) electrons. The average Bonchev–Trinajstić information content (AvgIpc) is 2.85. The molecule has 0 fully saturated rings. The van der Waals surface area contributed by atoms with Crippen molar-refractivity contribution in [3.63, 3.8) is 0 Å². The van der Waals surface area contributed by atoms with Gasteiger partial charge in [0.15, 0.2) is 10.4 Å². The van der Waals surface area contributed by atoms with E-state index in [1.807, 2.05) is 0 Å². The number of hydrogen-bond donors (Lipinski definition) is 2. The predicted molar refractivity (Wildman–Crippen MR) is 74.2 cm³/mol. The molecule has 0 saturated heterocycles. The minimum Gasteiger partial charge on any atom is -0.444 e. The summed E-state index contributed by atoms with van der Waals surface area (Å²) in [6.07, 6.45) is 0. The van der Waals surface area contributed by atoms with Crippen LogP contribution in [0.15, 0.2) is 45.5 Å². The monoisotopic (exact) mass is 322 g/mol. The van der Waals surface area contributed by atoms with E-state index in [0.717, 1.165) is 0 Å². The second kappa shape index (κ2) is 5.71. The van der Waals surface area contributed by atoms with Gasteiger partial charge in [-0.3, -0.25) is 9.59 Å². The van der Waals surface area contributed by atoms with Crippen LogP contribution in [0.3, 0.4) is 0 Å². The average molecular weight is 323 g/mol. The third-order valence-corrected chi connectivity index (χ3v) is 2.86. The second-order valence-corrected chi connectivity index (χ2v) is 4.50. The van der Waals surface area contributed by atoms with Gasteiger partial charge in [-0.15, -0.1) is 0 Å². The van der Waals surface area contributed by atoms with Crippen LogP contribution >= 0.6 is 15.9 Å². The van der Waals surface area contributed by atoms with E-state index in [1.165, 1.54) is 0 Å². The zero-order valence-corrected chi connectivity index (χ0v) is 11.7. The summed E-state index contributed by atoms with van der Waals surface area (Å²) in [5, 5.41) is 5.19. The van der Waals surface area contributed by atoms with Crippen LogP contribution in [-0.4, -0.2) is 18.9 Å². The molecule has 6 heteroatoms. The Bertz CT molecular complexity index is 605. The van der Waals surface area contributed by atoms with Crippen molar-refractivity contribution in [1.29, 1.82) is 0 Å². The van der Waals surface area contributed by atoms with Crippen molar-refractivity contribution in [2.45, 2.75) is 0 Å². The topological polar surface area (TPSA) is 71.3 Å². The number of rotatable bonds is 3. The Morgan fingerprint density at radius 3 is 2.26 bits per heavy atom. The molecule has 0 saturated carbocycles. The van der Waals surface area contributed by atoms with Crippen molar-refractivity contribution in [2.24, 2.45) is 0 Å². The van der Waals surface area contributed by atoms with E-state index in [2.05, 4.69) is 26.6 Å². The summed E-state index contributed by atoms with van der Waals surface area (Å²) < 4.78 is 5.63. The molecule has 2 N–H and O–H groups in total. The zero-order chi connectivity index (χ0) is 13.8. The van der Waals surface area contributed by atoms with E-state index in [1.54, 1.807) is 43.4 Å². The number of hydrogen-bond acceptors (Lipinski definition) is 3. The molecule has 1 aromatic heterocycles. The lowest BCUT2D eigenvalue weighted by Crippen LogP contribution is -2.17. The highest BCUT2D eigenvalue weighted by atomic mass is 79.9. The summed E-state index contributed by atoms with van der Waals surface area (Å²) >= 11 is 3.13. The van der Waals surface area contributed by atoms with Gasteiger partial charge in [0.1, 0.15) is 0 Å². The summed E-state index contributed by atoms with van der Waals surface area (Å²) in [4.78, 5) is 23.1. The standard InChI is InChI=1S/C13H11BrN2O3/c1-15-12(17)8-2-4-9(5-3-8)16-13(18)10-6-7-11(14)19-10/h2-7H,1H3,(H,15,17)(H,16,18). The number of carbonyl (C=O) groups excluding carboxylic acids is 2. The van der Waals surface area contributed by atoms with Crippen molar-refractivity contribution in [3.05, 3.63) is 52.4 Å². The fourth-order valence-electron chi connectivity index (χ4n) is 1.48. The van der Waals surface area contributed by atoms with Crippen molar-refractivity contribution in [1.82, 2.24) is 5.32 Å². The molecule has 5 nitrogen and oxygen atoms in total. The van der Waals surface area contributed by atoms with Gasteiger partial charge in [-0.1, -0.05) is 0 Å². The van der Waals surface area contributed by atoms with E-state index >= 15 is 0 Å². The molecule has 0 aliphatic heterocycles. The Hall–Kier alpha value is -2.08. The first-order valence-corrected chi connectivity index (χ1v) is 6.28. The molecule has 2 amide bonds. The predicted octanol–water partition coefficient (Wildman–Crippen LogP) is 2.65. The van der Waals surface area contributed by atoms with Gasteiger partial charge in [0.2, 0.25) is 0 Å². The molecule has 2 aromatic rings. The van der Waals surface area contributed by atoms with Gasteiger partial charge in [-0.05, 0) is 52.3 Å². The molecule has 98 valence electrons. The van der Waals surface area contributed by atoms with E-state index < -0.39 is 0 Å². The number of benzene rings is 1. The van der Waals surface area contributed by atoms with E-state index in [9.17, 15) is 9.59 Å². The molecule has 1 heterocycles. The molecule has 0 unspecified atom stereocenters. The normalized spacial score (nSPS) is 10.0. The summed E-state index contributed by atoms with van der Waals surface area (Å²) in [6.45, 7) is 0. The first kappa shape index (κ1) is 13.4. The van der Waals surface area contributed by atoms with Gasteiger partial charge in [0.25, 0.3) is 11.8 Å². The largest absolute Gasteiger partial charge is 0.444 e. The van der Waals surface area contributed by atoms with Crippen molar-refractivity contribution >= 4 is 33.4 Å². The van der Waals surface area contributed by atoms with Crippen LogP contribution in [0.1, 0.15) is 20.9 Å². The summed E-state index contributed by atoms with van der Waals surface area (Å²) in [7, 11) is 1.56. The maximum absolute atomic E-state index is 11.8. The SMILES string of the molecule is CNC(=O)c1ccc(NC(=O)c2ccc(Br)o2)cc1. The van der Waals surface area contributed by atoms with E-state index in [-0.39, 0.29) is 17.6 Å². The fourth-order valence-corrected chi connectivity index (χ4v) is 1.78. The van der Waals surface area contributed by atoms with E-state index in [4.69, 9.17) is 4.42 Å². The minimum atomic E-state index is -0.349. The lowest BCUT2D eigenvalue weighted by Gasteiger charge is -2.04.